The van der Waals surface area contributed by atoms with Crippen LogP contribution in [0.3, 0.4) is 0 Å². The first-order chi connectivity index (χ1) is 14.8. The van der Waals surface area contributed by atoms with E-state index in [1.165, 1.54) is 6.42 Å². The molecule has 1 N–H and O–H groups in total. The maximum absolute atomic E-state index is 13.1. The van der Waals surface area contributed by atoms with E-state index in [9.17, 15) is 4.79 Å². The lowest BCUT2D eigenvalue weighted by atomic mass is 10.1. The summed E-state index contributed by atoms with van der Waals surface area (Å²) in [6.07, 6.45) is 4.22. The molecule has 0 aliphatic carbocycles. The molecule has 2 aromatic carbocycles. The molecule has 1 aliphatic rings. The highest BCUT2D eigenvalue weighted by Gasteiger charge is 2.24. The van der Waals surface area contributed by atoms with Crippen LogP contribution < -0.4 is 10.1 Å². The zero-order valence-electron chi connectivity index (χ0n) is 17.3. The van der Waals surface area contributed by atoms with Gasteiger partial charge in [0.2, 0.25) is 0 Å². The van der Waals surface area contributed by atoms with Crippen molar-refractivity contribution in [1.29, 1.82) is 0 Å². The van der Waals surface area contributed by atoms with Gasteiger partial charge in [0.1, 0.15) is 23.9 Å². The van der Waals surface area contributed by atoms with E-state index in [0.29, 0.717) is 18.9 Å². The van der Waals surface area contributed by atoms with Gasteiger partial charge in [-0.1, -0.05) is 36.8 Å². The highest BCUT2D eigenvalue weighted by atomic mass is 16.5. The number of nitrogens with one attached hydrogen (secondary N) is 1. The maximum Gasteiger partial charge on any atom is 0.276 e. The van der Waals surface area contributed by atoms with E-state index in [1.54, 1.807) is 7.11 Å². The fourth-order valence-electron chi connectivity index (χ4n) is 3.78. The van der Waals surface area contributed by atoms with E-state index < -0.39 is 0 Å². The summed E-state index contributed by atoms with van der Waals surface area (Å²) in [5.41, 5.74) is 3.31. The van der Waals surface area contributed by atoms with E-state index in [-0.39, 0.29) is 5.91 Å². The molecule has 2 heterocycles. The number of aromatic nitrogens is 2. The molecule has 1 aromatic heterocycles. The minimum Gasteiger partial charge on any atom is -0.491 e. The number of carbonyl (C=O) groups is 1. The van der Waals surface area contributed by atoms with Crippen molar-refractivity contribution in [2.24, 2.45) is 0 Å². The van der Waals surface area contributed by atoms with Crippen LogP contribution in [0.2, 0.25) is 0 Å². The molecule has 0 saturated carbocycles. The summed E-state index contributed by atoms with van der Waals surface area (Å²) in [5, 5.41) is 2.99. The third kappa shape index (κ3) is 4.54. The second kappa shape index (κ2) is 9.59. The average Bonchev–Trinajstić information content (AvgIpc) is 2.97. The molecule has 1 aliphatic heterocycles. The van der Waals surface area contributed by atoms with Crippen LogP contribution in [0.25, 0.3) is 11.4 Å². The second-order valence-electron chi connectivity index (χ2n) is 7.38. The number of nitrogens with zero attached hydrogens (tertiary/aromatic N) is 2. The molecular formula is C24H27N3O3. The molecule has 0 saturated heterocycles. The van der Waals surface area contributed by atoms with Crippen molar-refractivity contribution in [2.75, 3.05) is 25.6 Å². The SMILES string of the molecule is COCCOc1ccc(NC(=O)c2nc(-c3ccccc3)n3c2CCCCC3)cc1. The topological polar surface area (TPSA) is 65.4 Å². The number of imidazole rings is 1. The molecule has 1 amide bonds. The molecule has 0 bridgehead atoms. The highest BCUT2D eigenvalue weighted by Crippen LogP contribution is 2.28. The number of ether oxygens (including phenoxy) is 2. The Morgan fingerprint density at radius 2 is 1.83 bits per heavy atom. The summed E-state index contributed by atoms with van der Waals surface area (Å²) >= 11 is 0. The van der Waals surface area contributed by atoms with Crippen LogP contribution >= 0.6 is 0 Å². The van der Waals surface area contributed by atoms with Gasteiger partial charge in [-0.15, -0.1) is 0 Å². The molecule has 0 radical (unpaired) electrons. The first kappa shape index (κ1) is 20.2. The molecule has 6 heteroatoms. The predicted octanol–water partition coefficient (Wildman–Crippen LogP) is 4.55. The van der Waals surface area contributed by atoms with Gasteiger partial charge in [-0.25, -0.2) is 4.98 Å². The smallest absolute Gasteiger partial charge is 0.276 e. The molecule has 6 nitrogen and oxygen atoms in total. The Hall–Kier alpha value is -3.12. The largest absolute Gasteiger partial charge is 0.491 e. The number of hydrogen-bond acceptors (Lipinski definition) is 4. The Balaban J connectivity index is 1.56. The van der Waals surface area contributed by atoms with Crippen LogP contribution in [0.4, 0.5) is 5.69 Å². The molecule has 0 unspecified atom stereocenters. The minimum absolute atomic E-state index is 0.170. The number of hydrogen-bond donors (Lipinski definition) is 1. The summed E-state index contributed by atoms with van der Waals surface area (Å²) in [7, 11) is 1.64. The predicted molar refractivity (Wildman–Crippen MR) is 117 cm³/mol. The van der Waals surface area contributed by atoms with Crippen molar-refractivity contribution in [3.63, 3.8) is 0 Å². The fourth-order valence-corrected chi connectivity index (χ4v) is 3.78. The molecule has 0 atom stereocenters. The monoisotopic (exact) mass is 405 g/mol. The normalized spacial score (nSPS) is 13.4. The average molecular weight is 405 g/mol. The number of rotatable bonds is 7. The van der Waals surface area contributed by atoms with Crippen molar-refractivity contribution in [1.82, 2.24) is 9.55 Å². The third-order valence-corrected chi connectivity index (χ3v) is 5.28. The van der Waals surface area contributed by atoms with Gasteiger partial charge in [-0.05, 0) is 43.5 Å². The van der Waals surface area contributed by atoms with Crippen LogP contribution in [0.1, 0.15) is 35.4 Å². The lowest BCUT2D eigenvalue weighted by Crippen LogP contribution is -2.15. The van der Waals surface area contributed by atoms with Gasteiger partial charge in [-0.3, -0.25) is 4.79 Å². The second-order valence-corrected chi connectivity index (χ2v) is 7.38. The first-order valence-corrected chi connectivity index (χ1v) is 10.4. The van der Waals surface area contributed by atoms with Crippen molar-refractivity contribution >= 4 is 11.6 Å². The van der Waals surface area contributed by atoms with Gasteiger partial charge in [0, 0.05) is 24.9 Å². The van der Waals surface area contributed by atoms with Crippen molar-refractivity contribution in [2.45, 2.75) is 32.2 Å². The number of anilines is 1. The van der Waals surface area contributed by atoms with Gasteiger partial charge in [0.05, 0.1) is 12.3 Å². The zero-order valence-corrected chi connectivity index (χ0v) is 17.3. The Kier molecular flexibility index (Phi) is 6.44. The van der Waals surface area contributed by atoms with Crippen LogP contribution in [0, 0.1) is 0 Å². The first-order valence-electron chi connectivity index (χ1n) is 10.4. The quantitative estimate of drug-likeness (QED) is 0.586. The summed E-state index contributed by atoms with van der Waals surface area (Å²) in [6, 6.07) is 17.5. The molecule has 4 rings (SSSR count). The fraction of sp³-hybridized carbons (Fsp3) is 0.333. The third-order valence-electron chi connectivity index (χ3n) is 5.28. The molecule has 30 heavy (non-hydrogen) atoms. The van der Waals surface area contributed by atoms with Crippen molar-refractivity contribution < 1.29 is 14.3 Å². The van der Waals surface area contributed by atoms with Gasteiger partial charge in [0.15, 0.2) is 0 Å². The minimum atomic E-state index is -0.170. The van der Waals surface area contributed by atoms with Crippen molar-refractivity contribution in [3.05, 3.63) is 66.0 Å². The Bertz CT molecular complexity index is 981. The van der Waals surface area contributed by atoms with E-state index in [4.69, 9.17) is 14.5 Å². The standard InChI is InChI=1S/C24H27N3O3/c1-29-16-17-30-20-13-11-19(12-14-20)25-24(28)22-21-10-6-3-7-15-27(21)23(26-22)18-8-4-2-5-9-18/h2,4-5,8-9,11-14H,3,6-7,10,15-17H2,1H3,(H,25,28). The molecule has 0 fully saturated rings. The van der Waals surface area contributed by atoms with Gasteiger partial charge in [0.25, 0.3) is 5.91 Å². The Labute approximate surface area is 176 Å². The molecule has 3 aromatic rings. The van der Waals surface area contributed by atoms with E-state index in [2.05, 4.69) is 9.88 Å². The number of carbonyl (C=O) groups excluding carboxylic acids is 1. The Morgan fingerprint density at radius 3 is 2.60 bits per heavy atom. The summed E-state index contributed by atoms with van der Waals surface area (Å²) in [4.78, 5) is 17.9. The van der Waals surface area contributed by atoms with Crippen LogP contribution in [-0.2, 0) is 17.7 Å². The molecule has 156 valence electrons. The summed E-state index contributed by atoms with van der Waals surface area (Å²) in [6.45, 7) is 1.92. The highest BCUT2D eigenvalue weighted by molar-refractivity contribution is 6.04. The number of amides is 1. The lowest BCUT2D eigenvalue weighted by molar-refractivity contribution is 0.102. The van der Waals surface area contributed by atoms with Crippen LogP contribution in [0.15, 0.2) is 54.6 Å². The number of fused-ring (bicyclic) bond motifs is 1. The number of benzene rings is 2. The van der Waals surface area contributed by atoms with Gasteiger partial charge in [-0.2, -0.15) is 0 Å². The lowest BCUT2D eigenvalue weighted by Gasteiger charge is -2.09. The summed E-state index contributed by atoms with van der Waals surface area (Å²) < 4.78 is 12.8. The number of methoxy groups -OCH3 is 1. The maximum atomic E-state index is 13.1. The zero-order chi connectivity index (χ0) is 20.8. The van der Waals surface area contributed by atoms with E-state index in [1.807, 2.05) is 54.6 Å². The van der Waals surface area contributed by atoms with Crippen LogP contribution in [0.5, 0.6) is 5.75 Å². The van der Waals surface area contributed by atoms with Crippen LogP contribution in [-0.4, -0.2) is 35.8 Å². The summed E-state index contributed by atoms with van der Waals surface area (Å²) in [5.74, 6) is 1.45. The van der Waals surface area contributed by atoms with Crippen molar-refractivity contribution in [3.8, 4) is 17.1 Å². The molecule has 0 spiro atoms. The van der Waals surface area contributed by atoms with Gasteiger partial charge >= 0.3 is 0 Å². The van der Waals surface area contributed by atoms with E-state index in [0.717, 1.165) is 54.3 Å². The van der Waals surface area contributed by atoms with Gasteiger partial charge < -0.3 is 19.4 Å². The Morgan fingerprint density at radius 1 is 1.03 bits per heavy atom. The van der Waals surface area contributed by atoms with E-state index >= 15 is 0 Å². The molecular weight excluding hydrogens is 378 g/mol.